The molecule has 2 aromatic heterocycles. The lowest BCUT2D eigenvalue weighted by atomic mass is 9.33. The summed E-state index contributed by atoms with van der Waals surface area (Å²) in [6, 6.07) is 1.73. The Bertz CT molecular complexity index is 2200. The molecule has 5 saturated carbocycles. The van der Waals surface area contributed by atoms with E-state index in [1.165, 1.54) is 10.7 Å². The van der Waals surface area contributed by atoms with E-state index in [4.69, 9.17) is 4.74 Å². The van der Waals surface area contributed by atoms with Gasteiger partial charge in [-0.25, -0.2) is 9.50 Å². The second kappa shape index (κ2) is 13.7. The molecule has 8 rings (SSSR count). The summed E-state index contributed by atoms with van der Waals surface area (Å²) in [7, 11) is 0. The Labute approximate surface area is 354 Å². The van der Waals surface area contributed by atoms with Crippen LogP contribution in [0.2, 0.25) is 0 Å². The lowest BCUT2D eigenvalue weighted by Gasteiger charge is -2.72. The largest absolute Gasteiger partial charge is 0.481 e. The predicted octanol–water partition coefficient (Wildman–Crippen LogP) is 7.75. The summed E-state index contributed by atoms with van der Waals surface area (Å²) in [4.78, 5) is 72.1. The van der Waals surface area contributed by atoms with Crippen molar-refractivity contribution < 1.29 is 33.8 Å². The number of aromatic nitrogens is 3. The lowest BCUT2D eigenvalue weighted by Crippen LogP contribution is -2.68. The Balaban J connectivity index is 1.04. The third kappa shape index (κ3) is 5.90. The predicted molar refractivity (Wildman–Crippen MR) is 225 cm³/mol. The van der Waals surface area contributed by atoms with Gasteiger partial charge in [-0.05, 0) is 134 Å². The van der Waals surface area contributed by atoms with Gasteiger partial charge in [-0.3, -0.25) is 24.0 Å². The molecule has 0 aliphatic heterocycles. The smallest absolute Gasteiger partial charge is 0.309 e. The first kappa shape index (κ1) is 42.6. The van der Waals surface area contributed by atoms with E-state index in [2.05, 4.69) is 69.2 Å². The van der Waals surface area contributed by atoms with Gasteiger partial charge < -0.3 is 20.5 Å². The topological polar surface area (TPSA) is 169 Å². The fourth-order valence-corrected chi connectivity index (χ4v) is 14.7. The number of nitrogens with one attached hydrogen (secondary N) is 2. The number of ketones is 1. The third-order valence-electron chi connectivity index (χ3n) is 18.3. The van der Waals surface area contributed by atoms with Crippen LogP contribution >= 0.6 is 0 Å². The Morgan fingerprint density at radius 2 is 1.62 bits per heavy atom. The van der Waals surface area contributed by atoms with Gasteiger partial charge in [-0.1, -0.05) is 62.3 Å². The normalized spacial score (nSPS) is 37.9. The molecular formula is C48H67N5O7. The molecule has 6 aliphatic rings. The number of fused-ring (bicyclic) bond motifs is 8. The fourth-order valence-electron chi connectivity index (χ4n) is 14.7. The van der Waals surface area contributed by atoms with Crippen LogP contribution in [0.3, 0.4) is 0 Å². The van der Waals surface area contributed by atoms with Crippen LogP contribution in [0.4, 0.5) is 0 Å². The summed E-state index contributed by atoms with van der Waals surface area (Å²) in [5.74, 6) is -1.81. The van der Waals surface area contributed by atoms with Crippen LogP contribution in [-0.2, 0) is 23.9 Å². The number of Topliss-reactive ketones (excluding diaryl/α,β-unsaturated/α-hetero) is 1. The van der Waals surface area contributed by atoms with Crippen molar-refractivity contribution in [2.45, 2.75) is 158 Å². The fraction of sp³-hybridized carbons (Fsp3) is 0.729. The Kier molecular flexibility index (Phi) is 9.73. The first-order valence-corrected chi connectivity index (χ1v) is 22.5. The van der Waals surface area contributed by atoms with Crippen LogP contribution < -0.4 is 10.6 Å². The van der Waals surface area contributed by atoms with Gasteiger partial charge in [0.05, 0.1) is 23.6 Å². The summed E-state index contributed by atoms with van der Waals surface area (Å²) in [5.41, 5.74) is -0.461. The molecule has 0 radical (unpaired) electrons. The molecule has 2 amide bonds. The van der Waals surface area contributed by atoms with E-state index < -0.39 is 40.2 Å². The highest BCUT2D eigenvalue weighted by atomic mass is 16.5. The van der Waals surface area contributed by atoms with Crippen LogP contribution in [0, 0.1) is 62.6 Å². The minimum Gasteiger partial charge on any atom is -0.481 e. The Hall–Kier alpha value is -4.09. The van der Waals surface area contributed by atoms with Crippen molar-refractivity contribution >= 4 is 35.2 Å². The highest BCUT2D eigenvalue weighted by Crippen LogP contribution is 2.76. The second-order valence-corrected chi connectivity index (χ2v) is 22.5. The zero-order chi connectivity index (χ0) is 43.7. The molecule has 60 heavy (non-hydrogen) atoms. The standard InChI is InChI=1S/C48H67N5O7/c1-26(2)35-31(54)24-48(52-41(59)44(7,8)51-38(55)27-25-50-53-22-12-21-49-37(27)53)20-19-46(10)28(36(35)48)13-14-33-45(9)17-16-34(43(5,6)32(45)15-18-47(33,46)11)60-40(58)30-23-29(39(56)57)42(30,3)4/h12,21-22,25-26,28-30,32-34H,13-20,23-24H2,1-11H3,(H,51,55)(H,52,59)(H,56,57)/t28-,29+,30-,32+,33-,34+,45+,46-,47-,48-/m1/s1. The van der Waals surface area contributed by atoms with Gasteiger partial charge in [-0.15, -0.1) is 0 Å². The number of hydrogen-bond acceptors (Lipinski definition) is 8. The van der Waals surface area contributed by atoms with Gasteiger partial charge >= 0.3 is 11.9 Å². The molecule has 2 aromatic rings. The van der Waals surface area contributed by atoms with E-state index in [0.29, 0.717) is 30.3 Å². The molecule has 0 bridgehead atoms. The lowest BCUT2D eigenvalue weighted by molar-refractivity contribution is -0.235. The zero-order valence-electron chi connectivity index (χ0n) is 37.7. The number of carboxylic acid groups (broad SMARTS) is 1. The van der Waals surface area contributed by atoms with E-state index in [1.807, 2.05) is 13.8 Å². The summed E-state index contributed by atoms with van der Waals surface area (Å²) in [6.07, 6.45) is 12.3. The third-order valence-corrected chi connectivity index (χ3v) is 18.3. The summed E-state index contributed by atoms with van der Waals surface area (Å²) in [6.45, 7) is 23.4. The molecule has 0 unspecified atom stereocenters. The summed E-state index contributed by atoms with van der Waals surface area (Å²) >= 11 is 0. The summed E-state index contributed by atoms with van der Waals surface area (Å²) < 4.78 is 7.94. The molecule has 6 aliphatic carbocycles. The van der Waals surface area contributed by atoms with E-state index in [9.17, 15) is 29.1 Å². The highest BCUT2D eigenvalue weighted by Gasteiger charge is 2.71. The summed E-state index contributed by atoms with van der Waals surface area (Å²) in [5, 5.41) is 20.3. The number of ether oxygens (including phenoxy) is 1. The molecule has 10 atom stereocenters. The number of carboxylic acids is 1. The Morgan fingerprint density at radius 1 is 0.900 bits per heavy atom. The number of amides is 2. The van der Waals surface area contributed by atoms with Gasteiger partial charge in [0.1, 0.15) is 17.2 Å². The van der Waals surface area contributed by atoms with Gasteiger partial charge in [-0.2, -0.15) is 5.10 Å². The van der Waals surface area contributed by atoms with Crippen LogP contribution in [0.25, 0.3) is 5.65 Å². The monoisotopic (exact) mass is 826 g/mol. The maximum absolute atomic E-state index is 14.5. The number of nitrogens with zero attached hydrogens (tertiary/aromatic N) is 3. The number of carbonyl (C=O) groups excluding carboxylic acids is 4. The Morgan fingerprint density at radius 3 is 2.28 bits per heavy atom. The number of allylic oxidation sites excluding steroid dienone is 1. The van der Waals surface area contributed by atoms with Gasteiger partial charge in [0.2, 0.25) is 5.91 Å². The first-order chi connectivity index (χ1) is 27.9. The average molecular weight is 826 g/mol. The number of aliphatic carboxylic acids is 1. The maximum atomic E-state index is 14.5. The van der Waals surface area contributed by atoms with Crippen LogP contribution in [0.5, 0.6) is 0 Å². The van der Waals surface area contributed by atoms with E-state index >= 15 is 0 Å². The van der Waals surface area contributed by atoms with Crippen molar-refractivity contribution in [1.29, 1.82) is 0 Å². The number of rotatable bonds is 8. The van der Waals surface area contributed by atoms with E-state index in [0.717, 1.165) is 56.1 Å². The highest BCUT2D eigenvalue weighted by molar-refractivity contribution is 6.05. The number of carbonyl (C=O) groups is 5. The van der Waals surface area contributed by atoms with Gasteiger partial charge in [0.15, 0.2) is 11.4 Å². The van der Waals surface area contributed by atoms with Crippen LogP contribution in [0.15, 0.2) is 35.8 Å². The SMILES string of the molecule is CC(C)C1=C2[C@H]3CC[C@@H]4[C@@]5(C)CC[C@H](OC(=O)[C@H]6C[C@@H](C(=O)O)C6(C)C)C(C)(C)[C@@H]5CC[C@@]4(C)[C@]3(C)CC[C@@]2(NC(=O)C(C)(C)NC(=O)c2cnn3cccnc23)CC1=O. The minimum absolute atomic E-state index is 0.00237. The molecule has 326 valence electrons. The first-order valence-electron chi connectivity index (χ1n) is 22.5. The van der Waals surface area contributed by atoms with Crippen molar-refractivity contribution in [3.63, 3.8) is 0 Å². The van der Waals surface area contributed by atoms with Gasteiger partial charge in [0.25, 0.3) is 5.91 Å². The maximum Gasteiger partial charge on any atom is 0.309 e. The molecule has 0 aromatic carbocycles. The molecule has 12 nitrogen and oxygen atoms in total. The van der Waals surface area contributed by atoms with Crippen molar-refractivity contribution in [1.82, 2.24) is 25.2 Å². The minimum atomic E-state index is -1.30. The molecular weight excluding hydrogens is 759 g/mol. The van der Waals surface area contributed by atoms with Crippen LogP contribution in [-0.4, -0.2) is 66.4 Å². The average Bonchev–Trinajstić information content (AvgIpc) is 3.71. The zero-order valence-corrected chi connectivity index (χ0v) is 37.7. The molecule has 2 heterocycles. The van der Waals surface area contributed by atoms with E-state index in [-0.39, 0.29) is 69.2 Å². The molecule has 5 fully saturated rings. The number of esters is 1. The second-order valence-electron chi connectivity index (χ2n) is 22.5. The van der Waals surface area contributed by atoms with Crippen molar-refractivity contribution in [2.75, 3.05) is 0 Å². The quantitative estimate of drug-likeness (QED) is 0.226. The van der Waals surface area contributed by atoms with Crippen LogP contribution in [0.1, 0.15) is 151 Å². The van der Waals surface area contributed by atoms with Crippen molar-refractivity contribution in [3.8, 4) is 0 Å². The molecule has 0 spiro atoms. The van der Waals surface area contributed by atoms with E-state index in [1.54, 1.807) is 32.3 Å². The molecule has 3 N–H and O–H groups in total. The van der Waals surface area contributed by atoms with Gasteiger partial charge in [0, 0.05) is 24.2 Å². The molecule has 12 heteroatoms. The number of hydrogen-bond donors (Lipinski definition) is 3. The molecule has 0 saturated heterocycles. The van der Waals surface area contributed by atoms with Crippen molar-refractivity contribution in [2.24, 2.45) is 62.6 Å². The van der Waals surface area contributed by atoms with Crippen molar-refractivity contribution in [3.05, 3.63) is 41.4 Å².